The molecule has 0 unspecified atom stereocenters. The van der Waals surface area contributed by atoms with E-state index >= 15 is 0 Å². The number of aryl methyl sites for hydroxylation is 1. The second-order valence-electron chi connectivity index (χ2n) is 7.54. The molecule has 10 heteroatoms. The van der Waals surface area contributed by atoms with Gasteiger partial charge in [-0.05, 0) is 61.7 Å². The highest BCUT2D eigenvalue weighted by Crippen LogP contribution is 2.25. The Kier molecular flexibility index (Phi) is 7.13. The molecule has 2 aromatic carbocycles. The molecule has 0 bridgehead atoms. The molecule has 0 radical (unpaired) electrons. The molecule has 1 saturated heterocycles. The number of carbonyl (C=O) groups excluding carboxylic acids is 1. The number of benzene rings is 2. The number of likely N-dealkylation sites (tertiary alicyclic amines) is 1. The molecule has 0 spiro atoms. The van der Waals surface area contributed by atoms with Crippen molar-refractivity contribution < 1.29 is 26.0 Å². The van der Waals surface area contributed by atoms with E-state index in [0.717, 1.165) is 17.7 Å². The number of piperidine rings is 1. The lowest BCUT2D eigenvalue weighted by Crippen LogP contribution is -2.43. The smallest absolute Gasteiger partial charge is 0.240 e. The summed E-state index contributed by atoms with van der Waals surface area (Å²) in [6.45, 7) is 2.30. The summed E-state index contributed by atoms with van der Waals surface area (Å²) in [5.74, 6) is -0.734. The number of sulfonamides is 1. The molecule has 31 heavy (non-hydrogen) atoms. The van der Waals surface area contributed by atoms with E-state index in [1.807, 2.05) is 0 Å². The summed E-state index contributed by atoms with van der Waals surface area (Å²) in [4.78, 5) is 14.2. The summed E-state index contributed by atoms with van der Waals surface area (Å²) < 4.78 is 65.6. The quantitative estimate of drug-likeness (QED) is 0.629. The number of nitrogens with zero attached hydrogens (tertiary/aromatic N) is 1. The van der Waals surface area contributed by atoms with Crippen LogP contribution in [0.4, 0.5) is 4.39 Å². The van der Waals surface area contributed by atoms with E-state index in [4.69, 9.17) is 0 Å². The van der Waals surface area contributed by atoms with Crippen LogP contribution in [-0.2, 0) is 24.7 Å². The summed E-state index contributed by atoms with van der Waals surface area (Å²) in [6.07, 6.45) is 0.543. The van der Waals surface area contributed by atoms with Gasteiger partial charge in [0.05, 0.1) is 15.0 Å². The Labute approximate surface area is 182 Å². The molecule has 2 aromatic rings. The van der Waals surface area contributed by atoms with E-state index in [-0.39, 0.29) is 54.6 Å². The predicted octanol–water partition coefficient (Wildman–Crippen LogP) is 2.27. The minimum absolute atomic E-state index is 0.0135. The Morgan fingerprint density at radius 1 is 1.03 bits per heavy atom. The fourth-order valence-electron chi connectivity index (χ4n) is 3.55. The Balaban J connectivity index is 1.51. The summed E-state index contributed by atoms with van der Waals surface area (Å²) in [7, 11) is -7.29. The largest absolute Gasteiger partial charge is 0.343 e. The molecule has 0 saturated carbocycles. The lowest BCUT2D eigenvalue weighted by molar-refractivity contribution is -0.131. The van der Waals surface area contributed by atoms with Crippen LogP contribution < -0.4 is 4.72 Å². The van der Waals surface area contributed by atoms with Crippen LogP contribution in [0.5, 0.6) is 0 Å². The van der Waals surface area contributed by atoms with Crippen LogP contribution in [0, 0.1) is 12.7 Å². The SMILES string of the molecule is Cc1cccc(S(=O)(=O)NCCC(=O)N2CCC(S(=O)(=O)c3ccc(F)cc3)CC2)c1. The van der Waals surface area contributed by atoms with E-state index in [1.54, 1.807) is 30.0 Å². The van der Waals surface area contributed by atoms with Gasteiger partial charge in [0.2, 0.25) is 15.9 Å². The van der Waals surface area contributed by atoms with Crippen LogP contribution in [0.1, 0.15) is 24.8 Å². The Hall–Kier alpha value is -2.30. The summed E-state index contributed by atoms with van der Waals surface area (Å²) in [5, 5.41) is -0.637. The van der Waals surface area contributed by atoms with Crippen molar-refractivity contribution in [1.29, 1.82) is 0 Å². The zero-order chi connectivity index (χ0) is 22.6. The summed E-state index contributed by atoms with van der Waals surface area (Å²) >= 11 is 0. The Morgan fingerprint density at radius 3 is 2.29 bits per heavy atom. The van der Waals surface area contributed by atoms with Crippen molar-refractivity contribution in [3.63, 3.8) is 0 Å². The van der Waals surface area contributed by atoms with Gasteiger partial charge in [0.15, 0.2) is 9.84 Å². The van der Waals surface area contributed by atoms with Crippen LogP contribution in [0.2, 0.25) is 0 Å². The molecule has 1 amide bonds. The zero-order valence-electron chi connectivity index (χ0n) is 17.1. The number of halogens is 1. The van der Waals surface area contributed by atoms with E-state index in [2.05, 4.69) is 4.72 Å². The highest BCUT2D eigenvalue weighted by molar-refractivity contribution is 7.92. The number of carbonyl (C=O) groups is 1. The molecule has 168 valence electrons. The van der Waals surface area contributed by atoms with Crippen molar-refractivity contribution in [3.05, 3.63) is 59.9 Å². The average Bonchev–Trinajstić information content (AvgIpc) is 2.74. The number of sulfone groups is 1. The fraction of sp³-hybridized carbons (Fsp3) is 0.381. The number of nitrogens with one attached hydrogen (secondary N) is 1. The van der Waals surface area contributed by atoms with Gasteiger partial charge in [0.1, 0.15) is 5.82 Å². The van der Waals surface area contributed by atoms with Gasteiger partial charge in [-0.25, -0.2) is 25.9 Å². The molecule has 1 fully saturated rings. The third kappa shape index (κ3) is 5.69. The minimum Gasteiger partial charge on any atom is -0.343 e. The third-order valence-corrected chi connectivity index (χ3v) is 9.04. The summed E-state index contributed by atoms with van der Waals surface area (Å²) in [6, 6.07) is 11.2. The predicted molar refractivity (Wildman–Crippen MR) is 114 cm³/mol. The number of hydrogen-bond acceptors (Lipinski definition) is 5. The molecule has 0 aromatic heterocycles. The first-order valence-electron chi connectivity index (χ1n) is 9.93. The zero-order valence-corrected chi connectivity index (χ0v) is 18.8. The topological polar surface area (TPSA) is 101 Å². The van der Waals surface area contributed by atoms with Crippen LogP contribution in [0.25, 0.3) is 0 Å². The lowest BCUT2D eigenvalue weighted by Gasteiger charge is -2.31. The summed E-state index contributed by atoms with van der Waals surface area (Å²) in [5.41, 5.74) is 0.817. The number of rotatable bonds is 7. The standard InChI is InChI=1S/C21H25FN2O5S2/c1-16-3-2-4-20(15-16)31(28,29)23-12-9-21(25)24-13-10-19(11-14-24)30(26,27)18-7-5-17(22)6-8-18/h2-8,15,19,23H,9-14H2,1H3. The van der Waals surface area contributed by atoms with Crippen LogP contribution in [-0.4, -0.2) is 52.5 Å². The van der Waals surface area contributed by atoms with Gasteiger partial charge < -0.3 is 4.90 Å². The molecule has 7 nitrogen and oxygen atoms in total. The van der Waals surface area contributed by atoms with Gasteiger partial charge in [-0.3, -0.25) is 4.79 Å². The van der Waals surface area contributed by atoms with Gasteiger partial charge in [0.25, 0.3) is 0 Å². The van der Waals surface area contributed by atoms with Crippen LogP contribution in [0.15, 0.2) is 58.3 Å². The van der Waals surface area contributed by atoms with Gasteiger partial charge in [-0.15, -0.1) is 0 Å². The molecule has 1 heterocycles. The maximum atomic E-state index is 13.1. The monoisotopic (exact) mass is 468 g/mol. The molecule has 1 aliphatic rings. The molecule has 0 aliphatic carbocycles. The van der Waals surface area contributed by atoms with E-state index in [1.165, 1.54) is 18.2 Å². The van der Waals surface area contributed by atoms with Gasteiger partial charge in [-0.1, -0.05) is 12.1 Å². The molecule has 3 rings (SSSR count). The Bertz CT molecular complexity index is 1140. The average molecular weight is 469 g/mol. The normalized spacial score (nSPS) is 15.7. The highest BCUT2D eigenvalue weighted by atomic mass is 32.2. The van der Waals surface area contributed by atoms with Crippen LogP contribution >= 0.6 is 0 Å². The van der Waals surface area contributed by atoms with Gasteiger partial charge >= 0.3 is 0 Å². The first-order valence-corrected chi connectivity index (χ1v) is 13.0. The number of amides is 1. The van der Waals surface area contributed by atoms with Gasteiger partial charge in [-0.2, -0.15) is 0 Å². The fourth-order valence-corrected chi connectivity index (χ4v) is 6.42. The van der Waals surface area contributed by atoms with E-state index in [0.29, 0.717) is 0 Å². The third-order valence-electron chi connectivity index (χ3n) is 5.31. The Morgan fingerprint density at radius 2 is 1.68 bits per heavy atom. The second kappa shape index (κ2) is 9.46. The van der Waals surface area contributed by atoms with Crippen molar-refractivity contribution in [1.82, 2.24) is 9.62 Å². The van der Waals surface area contributed by atoms with E-state index in [9.17, 15) is 26.0 Å². The first kappa shape index (κ1) is 23.4. The van der Waals surface area contributed by atoms with Crippen molar-refractivity contribution in [2.75, 3.05) is 19.6 Å². The van der Waals surface area contributed by atoms with E-state index < -0.39 is 30.9 Å². The van der Waals surface area contributed by atoms with Crippen molar-refractivity contribution in [2.45, 2.75) is 41.2 Å². The van der Waals surface area contributed by atoms with Crippen LogP contribution in [0.3, 0.4) is 0 Å². The molecular formula is C21H25FN2O5S2. The van der Waals surface area contributed by atoms with Crippen molar-refractivity contribution in [3.8, 4) is 0 Å². The van der Waals surface area contributed by atoms with Crippen molar-refractivity contribution in [2.24, 2.45) is 0 Å². The molecular weight excluding hydrogens is 443 g/mol. The lowest BCUT2D eigenvalue weighted by atomic mass is 10.1. The minimum atomic E-state index is -3.70. The highest BCUT2D eigenvalue weighted by Gasteiger charge is 2.32. The second-order valence-corrected chi connectivity index (χ2v) is 11.5. The van der Waals surface area contributed by atoms with Gasteiger partial charge in [0, 0.05) is 26.1 Å². The maximum Gasteiger partial charge on any atom is 0.240 e. The number of hydrogen-bond donors (Lipinski definition) is 1. The first-order chi connectivity index (χ1) is 14.6. The molecule has 1 N–H and O–H groups in total. The van der Waals surface area contributed by atoms with Crippen molar-refractivity contribution >= 4 is 25.8 Å². The molecule has 0 atom stereocenters. The molecule has 1 aliphatic heterocycles. The maximum absolute atomic E-state index is 13.1.